The van der Waals surface area contributed by atoms with Gasteiger partial charge in [0.1, 0.15) is 0 Å². The number of amides is 3. The highest BCUT2D eigenvalue weighted by molar-refractivity contribution is 5.84. The molecule has 0 bridgehead atoms. The van der Waals surface area contributed by atoms with E-state index in [1.807, 2.05) is 30.3 Å². The van der Waals surface area contributed by atoms with Crippen molar-refractivity contribution in [1.82, 2.24) is 16.0 Å². The van der Waals surface area contributed by atoms with E-state index in [9.17, 15) is 9.59 Å². The number of rotatable bonds is 5. The largest absolute Gasteiger partial charge is 0.352 e. The van der Waals surface area contributed by atoms with Crippen LogP contribution in [-0.4, -0.2) is 24.5 Å². The average Bonchev–Trinajstić information content (AvgIpc) is 2.53. The first kappa shape index (κ1) is 15.4. The number of urea groups is 1. The van der Waals surface area contributed by atoms with E-state index >= 15 is 0 Å². The van der Waals surface area contributed by atoms with Crippen LogP contribution < -0.4 is 16.0 Å². The summed E-state index contributed by atoms with van der Waals surface area (Å²) >= 11 is 0. The van der Waals surface area contributed by atoms with Crippen molar-refractivity contribution in [3.63, 3.8) is 0 Å². The molecule has 1 aliphatic carbocycles. The maximum atomic E-state index is 11.7. The monoisotopic (exact) mass is 289 g/mol. The molecule has 1 fully saturated rings. The first-order valence-electron chi connectivity index (χ1n) is 7.59. The van der Waals surface area contributed by atoms with Crippen LogP contribution in [0, 0.1) is 0 Å². The molecule has 1 saturated carbocycles. The topological polar surface area (TPSA) is 70.2 Å². The van der Waals surface area contributed by atoms with Crippen LogP contribution in [0.2, 0.25) is 0 Å². The van der Waals surface area contributed by atoms with Crippen LogP contribution in [0.25, 0.3) is 0 Å². The van der Waals surface area contributed by atoms with Gasteiger partial charge in [-0.1, -0.05) is 49.6 Å². The number of benzene rings is 1. The van der Waals surface area contributed by atoms with Crippen molar-refractivity contribution in [3.8, 4) is 0 Å². The van der Waals surface area contributed by atoms with Crippen molar-refractivity contribution >= 4 is 11.9 Å². The molecule has 1 aliphatic rings. The third-order valence-corrected chi connectivity index (χ3v) is 3.68. The van der Waals surface area contributed by atoms with Crippen molar-refractivity contribution in [2.45, 2.75) is 44.7 Å². The lowest BCUT2D eigenvalue weighted by Crippen LogP contribution is -2.45. The van der Waals surface area contributed by atoms with Crippen molar-refractivity contribution in [2.75, 3.05) is 6.54 Å². The van der Waals surface area contributed by atoms with E-state index in [2.05, 4.69) is 16.0 Å². The van der Waals surface area contributed by atoms with Gasteiger partial charge in [-0.15, -0.1) is 0 Å². The number of carbonyl (C=O) groups excluding carboxylic acids is 2. The Balaban J connectivity index is 1.60. The van der Waals surface area contributed by atoms with Gasteiger partial charge < -0.3 is 16.0 Å². The van der Waals surface area contributed by atoms with E-state index in [-0.39, 0.29) is 24.5 Å². The fraction of sp³-hybridized carbons (Fsp3) is 0.500. The summed E-state index contributed by atoms with van der Waals surface area (Å²) in [5.41, 5.74) is 1.03. The molecule has 21 heavy (non-hydrogen) atoms. The second kappa shape index (κ2) is 8.29. The third kappa shape index (κ3) is 5.85. The Morgan fingerprint density at radius 3 is 2.43 bits per heavy atom. The van der Waals surface area contributed by atoms with Gasteiger partial charge >= 0.3 is 6.03 Å². The molecule has 0 spiro atoms. The standard InChI is InChI=1S/C16H23N3O2/c20-15(19-14-9-5-2-6-10-14)12-18-16(21)17-11-13-7-3-1-4-8-13/h1,3-4,7-8,14H,2,5-6,9-12H2,(H,19,20)(H2,17,18,21). The molecular weight excluding hydrogens is 266 g/mol. The predicted octanol–water partition coefficient (Wildman–Crippen LogP) is 1.93. The van der Waals surface area contributed by atoms with Crippen LogP contribution in [0.15, 0.2) is 30.3 Å². The molecule has 1 aromatic carbocycles. The normalized spacial score (nSPS) is 15.2. The lowest BCUT2D eigenvalue weighted by Gasteiger charge is -2.22. The van der Waals surface area contributed by atoms with Crippen LogP contribution in [-0.2, 0) is 11.3 Å². The van der Waals surface area contributed by atoms with Gasteiger partial charge in [-0.25, -0.2) is 4.79 Å². The summed E-state index contributed by atoms with van der Waals surface area (Å²) in [6.07, 6.45) is 5.70. The molecular formula is C16H23N3O2. The van der Waals surface area contributed by atoms with E-state index in [1.165, 1.54) is 19.3 Å². The second-order valence-electron chi connectivity index (χ2n) is 5.42. The molecule has 2 rings (SSSR count). The average molecular weight is 289 g/mol. The van der Waals surface area contributed by atoms with Gasteiger partial charge in [0, 0.05) is 12.6 Å². The molecule has 3 amide bonds. The van der Waals surface area contributed by atoms with Gasteiger partial charge in [0.25, 0.3) is 0 Å². The minimum atomic E-state index is -0.322. The maximum absolute atomic E-state index is 11.7. The summed E-state index contributed by atoms with van der Waals surface area (Å²) in [5, 5.41) is 8.27. The van der Waals surface area contributed by atoms with Crippen LogP contribution in [0.5, 0.6) is 0 Å². The third-order valence-electron chi connectivity index (χ3n) is 3.68. The molecule has 3 N–H and O–H groups in total. The smallest absolute Gasteiger partial charge is 0.315 e. The summed E-state index contributed by atoms with van der Waals surface area (Å²) in [4.78, 5) is 23.3. The van der Waals surface area contributed by atoms with Gasteiger partial charge in [0.2, 0.25) is 5.91 Å². The van der Waals surface area contributed by atoms with Crippen LogP contribution >= 0.6 is 0 Å². The molecule has 5 nitrogen and oxygen atoms in total. The molecule has 114 valence electrons. The Morgan fingerprint density at radius 2 is 1.71 bits per heavy atom. The van der Waals surface area contributed by atoms with Crippen LogP contribution in [0.4, 0.5) is 4.79 Å². The number of hydrogen-bond acceptors (Lipinski definition) is 2. The molecule has 0 atom stereocenters. The number of carbonyl (C=O) groups is 2. The fourth-order valence-electron chi connectivity index (χ4n) is 2.53. The van der Waals surface area contributed by atoms with Gasteiger partial charge in [-0.3, -0.25) is 4.79 Å². The van der Waals surface area contributed by atoms with Gasteiger partial charge in [0.15, 0.2) is 0 Å². The molecule has 0 aromatic heterocycles. The van der Waals surface area contributed by atoms with Gasteiger partial charge in [-0.2, -0.15) is 0 Å². The Bertz CT molecular complexity index is 456. The Morgan fingerprint density at radius 1 is 1.00 bits per heavy atom. The molecule has 0 unspecified atom stereocenters. The highest BCUT2D eigenvalue weighted by atomic mass is 16.2. The Kier molecular flexibility index (Phi) is 6.06. The quantitative estimate of drug-likeness (QED) is 0.775. The Labute approximate surface area is 125 Å². The highest BCUT2D eigenvalue weighted by Gasteiger charge is 2.15. The number of hydrogen-bond donors (Lipinski definition) is 3. The summed E-state index contributed by atoms with van der Waals surface area (Å²) in [5.74, 6) is -0.114. The summed E-state index contributed by atoms with van der Waals surface area (Å²) in [6, 6.07) is 9.61. The molecule has 0 radical (unpaired) electrons. The SMILES string of the molecule is O=C(CNC(=O)NCc1ccccc1)NC1CCCCC1. The van der Waals surface area contributed by atoms with Crippen LogP contribution in [0.1, 0.15) is 37.7 Å². The lowest BCUT2D eigenvalue weighted by molar-refractivity contribution is -0.121. The minimum absolute atomic E-state index is 0.0249. The zero-order valence-corrected chi connectivity index (χ0v) is 12.2. The zero-order valence-electron chi connectivity index (χ0n) is 12.2. The lowest BCUT2D eigenvalue weighted by atomic mass is 9.95. The predicted molar refractivity (Wildman–Crippen MR) is 81.7 cm³/mol. The van der Waals surface area contributed by atoms with E-state index < -0.39 is 0 Å². The van der Waals surface area contributed by atoms with Gasteiger partial charge in [-0.05, 0) is 18.4 Å². The molecule has 0 saturated heterocycles. The van der Waals surface area contributed by atoms with Crippen LogP contribution in [0.3, 0.4) is 0 Å². The van der Waals surface area contributed by atoms with Gasteiger partial charge in [0.05, 0.1) is 6.54 Å². The van der Waals surface area contributed by atoms with Crippen molar-refractivity contribution < 1.29 is 9.59 Å². The molecule has 5 heteroatoms. The van der Waals surface area contributed by atoms with E-state index in [1.54, 1.807) is 0 Å². The summed E-state index contributed by atoms with van der Waals surface area (Å²) in [6.45, 7) is 0.480. The fourth-order valence-corrected chi connectivity index (χ4v) is 2.53. The first-order chi connectivity index (χ1) is 10.2. The van der Waals surface area contributed by atoms with E-state index in [4.69, 9.17) is 0 Å². The highest BCUT2D eigenvalue weighted by Crippen LogP contribution is 2.16. The maximum Gasteiger partial charge on any atom is 0.315 e. The second-order valence-corrected chi connectivity index (χ2v) is 5.42. The Hall–Kier alpha value is -2.04. The first-order valence-corrected chi connectivity index (χ1v) is 7.59. The molecule has 1 aromatic rings. The molecule has 0 heterocycles. The zero-order chi connectivity index (χ0) is 14.9. The molecule has 0 aliphatic heterocycles. The summed E-state index contributed by atoms with van der Waals surface area (Å²) in [7, 11) is 0. The minimum Gasteiger partial charge on any atom is -0.352 e. The number of nitrogens with one attached hydrogen (secondary N) is 3. The van der Waals surface area contributed by atoms with Crippen molar-refractivity contribution in [1.29, 1.82) is 0 Å². The van der Waals surface area contributed by atoms with Crippen molar-refractivity contribution in [3.05, 3.63) is 35.9 Å². The van der Waals surface area contributed by atoms with E-state index in [0.29, 0.717) is 6.54 Å². The van der Waals surface area contributed by atoms with E-state index in [0.717, 1.165) is 18.4 Å². The summed E-state index contributed by atoms with van der Waals surface area (Å²) < 4.78 is 0. The van der Waals surface area contributed by atoms with Crippen molar-refractivity contribution in [2.24, 2.45) is 0 Å².